The third-order valence-electron chi connectivity index (χ3n) is 12.2. The van der Waals surface area contributed by atoms with Crippen molar-refractivity contribution >= 4 is 23.6 Å². The summed E-state index contributed by atoms with van der Waals surface area (Å²) in [6, 6.07) is 8.48. The van der Waals surface area contributed by atoms with Gasteiger partial charge < -0.3 is 40.0 Å². The van der Waals surface area contributed by atoms with Crippen molar-refractivity contribution in [2.75, 3.05) is 41.5 Å². The number of methoxy groups -OCH3 is 3. The molecule has 2 heterocycles. The number of rotatable bonds is 20. The molecule has 1 aromatic rings. The van der Waals surface area contributed by atoms with Crippen LogP contribution in [0.4, 0.5) is 0 Å². The first-order valence-corrected chi connectivity index (χ1v) is 19.9. The van der Waals surface area contributed by atoms with Crippen molar-refractivity contribution < 1.29 is 33.4 Å². The van der Waals surface area contributed by atoms with Crippen LogP contribution in [-0.2, 0) is 39.8 Å². The number of likely N-dealkylation sites (N-methyl/N-ethyl adjacent to an activating group) is 1. The molecule has 3 fully saturated rings. The number of carbonyl (C=O) groups is 4. The zero-order chi connectivity index (χ0) is 38.8. The topological polar surface area (TPSA) is 139 Å². The zero-order valence-corrected chi connectivity index (χ0v) is 33.6. The Labute approximate surface area is 317 Å². The Hall–Kier alpha value is -3.06. The van der Waals surface area contributed by atoms with Crippen LogP contribution in [0.5, 0.6) is 0 Å². The van der Waals surface area contributed by atoms with E-state index in [0.717, 1.165) is 37.7 Å². The first-order valence-electron chi connectivity index (χ1n) is 19.9. The summed E-state index contributed by atoms with van der Waals surface area (Å²) >= 11 is 0. The van der Waals surface area contributed by atoms with Crippen molar-refractivity contribution in [1.29, 1.82) is 0 Å². The fourth-order valence-electron chi connectivity index (χ4n) is 9.02. The summed E-state index contributed by atoms with van der Waals surface area (Å²) in [7, 11) is 6.58. The van der Waals surface area contributed by atoms with Gasteiger partial charge in [0, 0.05) is 41.0 Å². The van der Waals surface area contributed by atoms with E-state index in [1.54, 1.807) is 33.3 Å². The molecular weight excluding hydrogens is 674 g/mol. The number of fused-ring (bicyclic) bond motifs is 2. The van der Waals surface area contributed by atoms with Gasteiger partial charge in [-0.15, -0.1) is 0 Å². The maximum atomic E-state index is 14.2. The number of likely N-dealkylation sites (tertiary alicyclic amines) is 1. The summed E-state index contributed by atoms with van der Waals surface area (Å²) < 4.78 is 17.5. The Balaban J connectivity index is 1.44. The number of carbonyl (C=O) groups excluding carboxylic acids is 4. The third-order valence-corrected chi connectivity index (χ3v) is 12.2. The van der Waals surface area contributed by atoms with Gasteiger partial charge in [-0.05, 0) is 61.8 Å². The summed E-state index contributed by atoms with van der Waals surface area (Å²) in [5, 5.41) is 9.70. The van der Waals surface area contributed by atoms with Crippen molar-refractivity contribution in [3.63, 3.8) is 0 Å². The summed E-state index contributed by atoms with van der Waals surface area (Å²) in [4.78, 5) is 59.1. The number of hydrogen-bond acceptors (Lipinski definition) is 8. The predicted molar refractivity (Wildman–Crippen MR) is 205 cm³/mol. The summed E-state index contributed by atoms with van der Waals surface area (Å²) in [6.45, 7) is 10.8. The molecule has 53 heavy (non-hydrogen) atoms. The van der Waals surface area contributed by atoms with Crippen LogP contribution >= 0.6 is 0 Å². The molecular formula is C41H67N5O7. The first-order chi connectivity index (χ1) is 25.3. The molecule has 1 saturated carbocycles. The van der Waals surface area contributed by atoms with Gasteiger partial charge in [-0.2, -0.15) is 0 Å². The normalized spacial score (nSPS) is 25.0. The quantitative estimate of drug-likeness (QED) is 0.185. The molecule has 0 radical (unpaired) electrons. The lowest BCUT2D eigenvalue weighted by Crippen LogP contribution is -2.60. The fourth-order valence-corrected chi connectivity index (χ4v) is 9.02. The van der Waals surface area contributed by atoms with E-state index in [9.17, 15) is 19.2 Å². The number of nitrogens with one attached hydrogen (secondary N) is 3. The Bertz CT molecular complexity index is 1350. The lowest BCUT2D eigenvalue weighted by Gasteiger charge is -2.41. The van der Waals surface area contributed by atoms with E-state index in [1.165, 1.54) is 0 Å². The second-order valence-corrected chi connectivity index (χ2v) is 16.1. The Morgan fingerprint density at radius 3 is 2.26 bits per heavy atom. The van der Waals surface area contributed by atoms with Gasteiger partial charge in [-0.1, -0.05) is 71.4 Å². The molecule has 0 aromatic heterocycles. The van der Waals surface area contributed by atoms with Crippen molar-refractivity contribution in [3.8, 4) is 0 Å². The van der Waals surface area contributed by atoms with Gasteiger partial charge in [0.25, 0.3) is 0 Å². The number of amides is 4. The fraction of sp³-hybridized carbons (Fsp3) is 0.756. The largest absolute Gasteiger partial charge is 0.383 e. The maximum Gasteiger partial charge on any atom is 0.245 e. The molecule has 2 bridgehead atoms. The molecule has 3 aliphatic rings. The highest BCUT2D eigenvalue weighted by atomic mass is 16.5. The number of hydrogen-bond donors (Lipinski definition) is 3. The minimum Gasteiger partial charge on any atom is -0.383 e. The summed E-state index contributed by atoms with van der Waals surface area (Å²) in [6.07, 6.45) is 5.02. The Kier molecular flexibility index (Phi) is 16.1. The zero-order valence-electron chi connectivity index (χ0n) is 33.6. The minimum atomic E-state index is -0.706. The van der Waals surface area contributed by atoms with Crippen LogP contribution in [-0.4, -0.2) is 123 Å². The highest BCUT2D eigenvalue weighted by Crippen LogP contribution is 2.35. The number of nitrogens with zero attached hydrogens (tertiary/aromatic N) is 2. The second kappa shape index (κ2) is 20.0. The van der Waals surface area contributed by atoms with E-state index in [0.29, 0.717) is 38.0 Å². The molecule has 2 aliphatic heterocycles. The van der Waals surface area contributed by atoms with Gasteiger partial charge in [0.15, 0.2) is 0 Å². The summed E-state index contributed by atoms with van der Waals surface area (Å²) in [5.74, 6) is -0.879. The van der Waals surface area contributed by atoms with Crippen LogP contribution in [0.3, 0.4) is 0 Å². The molecule has 0 unspecified atom stereocenters. The lowest BCUT2D eigenvalue weighted by atomic mass is 9.89. The van der Waals surface area contributed by atoms with Crippen molar-refractivity contribution in [2.45, 2.75) is 134 Å². The van der Waals surface area contributed by atoms with Gasteiger partial charge in [-0.25, -0.2) is 0 Å². The predicted octanol–water partition coefficient (Wildman–Crippen LogP) is 3.56. The highest BCUT2D eigenvalue weighted by Gasteiger charge is 2.45. The molecule has 1 aliphatic carbocycles. The van der Waals surface area contributed by atoms with Crippen molar-refractivity contribution in [3.05, 3.63) is 35.9 Å². The smallest absolute Gasteiger partial charge is 0.245 e. The third kappa shape index (κ3) is 10.6. The molecule has 12 nitrogen and oxygen atoms in total. The van der Waals surface area contributed by atoms with Gasteiger partial charge in [-0.3, -0.25) is 19.2 Å². The van der Waals surface area contributed by atoms with Crippen molar-refractivity contribution in [1.82, 2.24) is 25.8 Å². The average molecular weight is 742 g/mol. The average Bonchev–Trinajstić information content (AvgIpc) is 3.92. The lowest BCUT2D eigenvalue weighted by molar-refractivity contribution is -0.147. The Morgan fingerprint density at radius 2 is 1.70 bits per heavy atom. The van der Waals surface area contributed by atoms with E-state index < -0.39 is 30.2 Å². The van der Waals surface area contributed by atoms with Crippen LogP contribution in [0.25, 0.3) is 0 Å². The van der Waals surface area contributed by atoms with Crippen molar-refractivity contribution in [2.24, 2.45) is 23.7 Å². The Morgan fingerprint density at radius 1 is 0.981 bits per heavy atom. The van der Waals surface area contributed by atoms with E-state index >= 15 is 0 Å². The maximum absolute atomic E-state index is 14.2. The molecule has 0 spiro atoms. The van der Waals surface area contributed by atoms with E-state index in [1.807, 2.05) is 56.0 Å². The van der Waals surface area contributed by atoms with Gasteiger partial charge in [0.05, 0.1) is 55.3 Å². The molecule has 12 heteroatoms. The van der Waals surface area contributed by atoms with Crippen LogP contribution in [0.2, 0.25) is 0 Å². The number of piperidine rings is 1. The standard InChI is InChI=1S/C41H67N5O7/c1-10-26(4)37(45(6)41(50)35(25(2)3)44-40(49)36-29-18-19-30(22-29)42-36)33(52-8)23-34(47)46-20-14-17-32(46)38(53-9)27(5)39(48)43-31(24-51-7)21-28-15-12-11-13-16-28/h11-13,15-16,25-27,29-33,35-38,42H,10,14,17-24H2,1-9H3,(H,43,48)(H,44,49)/t26-,27+,29-,30+,31-,32-,33-,35-,36-,37-,38+/m0/s1. The highest BCUT2D eigenvalue weighted by molar-refractivity contribution is 5.90. The molecule has 3 N–H and O–H groups in total. The summed E-state index contributed by atoms with van der Waals surface area (Å²) in [5.41, 5.74) is 1.10. The van der Waals surface area contributed by atoms with Gasteiger partial charge in [0.1, 0.15) is 6.04 Å². The monoisotopic (exact) mass is 742 g/mol. The SMILES string of the molecule is CC[C@H](C)[C@@H]([C@H](CC(=O)N1CCC[C@H]1[C@H](OC)[C@@H](C)C(=O)N[C@H](COC)Cc1ccccc1)OC)N(C)C(=O)[C@@H](NC(=O)[C@H]1N[C@@H]2CC[C@H]1C2)C(C)C. The van der Waals surface area contributed by atoms with E-state index in [-0.39, 0.29) is 60.0 Å². The minimum absolute atomic E-state index is 0.0122. The first kappa shape index (κ1) is 42.7. The molecule has 4 rings (SSSR count). The number of ether oxygens (including phenoxy) is 3. The molecule has 4 amide bonds. The van der Waals surface area contributed by atoms with E-state index in [2.05, 4.69) is 29.8 Å². The van der Waals surface area contributed by atoms with Crippen LogP contribution < -0.4 is 16.0 Å². The van der Waals surface area contributed by atoms with E-state index in [4.69, 9.17) is 14.2 Å². The second-order valence-electron chi connectivity index (χ2n) is 16.1. The van der Waals surface area contributed by atoms with Crippen LogP contribution in [0.1, 0.15) is 85.1 Å². The van der Waals surface area contributed by atoms with Crippen LogP contribution in [0, 0.1) is 23.7 Å². The molecule has 298 valence electrons. The van der Waals surface area contributed by atoms with Gasteiger partial charge >= 0.3 is 0 Å². The van der Waals surface area contributed by atoms with Crippen LogP contribution in [0.15, 0.2) is 30.3 Å². The number of benzene rings is 1. The molecule has 2 saturated heterocycles. The molecule has 11 atom stereocenters. The van der Waals surface area contributed by atoms with Gasteiger partial charge in [0.2, 0.25) is 23.6 Å². The molecule has 1 aromatic carbocycles.